The summed E-state index contributed by atoms with van der Waals surface area (Å²) < 4.78 is 38.5. The van der Waals surface area contributed by atoms with Gasteiger partial charge in [-0.2, -0.15) is 13.2 Å². The van der Waals surface area contributed by atoms with Crippen LogP contribution < -0.4 is 10.6 Å². The van der Waals surface area contributed by atoms with Crippen LogP contribution in [0.1, 0.15) is 16.1 Å². The molecule has 1 fully saturated rings. The maximum absolute atomic E-state index is 12.8. The summed E-state index contributed by atoms with van der Waals surface area (Å²) in [5.74, 6) is -0.311. The number of aromatic nitrogens is 1. The zero-order valence-corrected chi connectivity index (χ0v) is 17.2. The predicted molar refractivity (Wildman–Crippen MR) is 109 cm³/mol. The Balaban J connectivity index is 0.00000196. The minimum Gasteiger partial charge on any atom is -0.349 e. The lowest BCUT2D eigenvalue weighted by Gasteiger charge is -2.26. The normalized spacial score (nSPS) is 14.7. The van der Waals surface area contributed by atoms with Gasteiger partial charge in [0.25, 0.3) is 5.91 Å². The number of carbonyl (C=O) groups is 1. The molecule has 1 amide bonds. The summed E-state index contributed by atoms with van der Waals surface area (Å²) in [5, 5.41) is 8.03. The van der Waals surface area contributed by atoms with Crippen molar-refractivity contribution in [2.45, 2.75) is 6.18 Å². The van der Waals surface area contributed by atoms with Crippen molar-refractivity contribution in [1.82, 2.24) is 20.5 Å². The fourth-order valence-corrected chi connectivity index (χ4v) is 3.49. The van der Waals surface area contributed by atoms with Crippen LogP contribution in [0.25, 0.3) is 10.6 Å². The van der Waals surface area contributed by atoms with Crippen LogP contribution in [0.5, 0.6) is 0 Å². The summed E-state index contributed by atoms with van der Waals surface area (Å²) in [7, 11) is 0. The molecular formula is C17H21Cl2F3N4OS. The monoisotopic (exact) mass is 456 g/mol. The van der Waals surface area contributed by atoms with Crippen LogP contribution in [0.15, 0.2) is 29.6 Å². The van der Waals surface area contributed by atoms with Gasteiger partial charge in [-0.15, -0.1) is 36.2 Å². The third-order valence-electron chi connectivity index (χ3n) is 4.10. The zero-order chi connectivity index (χ0) is 18.6. The Bertz CT molecular complexity index is 767. The van der Waals surface area contributed by atoms with Crippen molar-refractivity contribution < 1.29 is 18.0 Å². The molecule has 0 saturated carbocycles. The molecule has 0 bridgehead atoms. The second kappa shape index (κ2) is 11.0. The van der Waals surface area contributed by atoms with Crippen molar-refractivity contribution in [2.75, 3.05) is 39.3 Å². The smallest absolute Gasteiger partial charge is 0.349 e. The van der Waals surface area contributed by atoms with E-state index in [1.807, 2.05) is 0 Å². The van der Waals surface area contributed by atoms with E-state index < -0.39 is 11.7 Å². The lowest BCUT2D eigenvalue weighted by atomic mass is 10.1. The van der Waals surface area contributed by atoms with Gasteiger partial charge < -0.3 is 10.6 Å². The molecule has 28 heavy (non-hydrogen) atoms. The lowest BCUT2D eigenvalue weighted by molar-refractivity contribution is -0.137. The minimum absolute atomic E-state index is 0. The molecule has 5 nitrogen and oxygen atoms in total. The first-order valence-electron chi connectivity index (χ1n) is 8.28. The fourth-order valence-electron chi connectivity index (χ4n) is 2.69. The van der Waals surface area contributed by atoms with Crippen LogP contribution in [0.2, 0.25) is 0 Å². The molecule has 1 aromatic carbocycles. The molecule has 3 rings (SSSR count). The third-order valence-corrected chi connectivity index (χ3v) is 4.99. The second-order valence-corrected chi connectivity index (χ2v) is 6.82. The van der Waals surface area contributed by atoms with Crippen molar-refractivity contribution >= 4 is 42.1 Å². The van der Waals surface area contributed by atoms with Gasteiger partial charge in [-0.1, -0.05) is 12.1 Å². The molecule has 0 radical (unpaired) electrons. The number of thiazole rings is 1. The number of rotatable bonds is 5. The molecule has 0 spiro atoms. The van der Waals surface area contributed by atoms with Crippen LogP contribution in [0, 0.1) is 0 Å². The van der Waals surface area contributed by atoms with Gasteiger partial charge in [-0.25, -0.2) is 4.98 Å². The highest BCUT2D eigenvalue weighted by molar-refractivity contribution is 7.13. The van der Waals surface area contributed by atoms with E-state index in [0.29, 0.717) is 17.1 Å². The van der Waals surface area contributed by atoms with E-state index in [1.165, 1.54) is 6.07 Å². The Hall–Kier alpha value is -1.39. The second-order valence-electron chi connectivity index (χ2n) is 5.96. The number of benzene rings is 1. The quantitative estimate of drug-likeness (QED) is 0.724. The largest absolute Gasteiger partial charge is 0.416 e. The Morgan fingerprint density at radius 1 is 1.25 bits per heavy atom. The summed E-state index contributed by atoms with van der Waals surface area (Å²) in [4.78, 5) is 18.6. The molecule has 156 valence electrons. The molecule has 1 aliphatic rings. The van der Waals surface area contributed by atoms with Gasteiger partial charge in [-0.3, -0.25) is 9.69 Å². The minimum atomic E-state index is -4.41. The number of amides is 1. The Kier molecular flexibility index (Phi) is 9.65. The molecule has 2 heterocycles. The highest BCUT2D eigenvalue weighted by atomic mass is 35.5. The maximum atomic E-state index is 12.8. The van der Waals surface area contributed by atoms with Gasteiger partial charge in [0.15, 0.2) is 0 Å². The Labute approximate surface area is 177 Å². The van der Waals surface area contributed by atoms with Gasteiger partial charge in [0.05, 0.1) is 5.56 Å². The molecule has 2 N–H and O–H groups in total. The summed E-state index contributed by atoms with van der Waals surface area (Å²) >= 11 is 1.15. The molecule has 11 heteroatoms. The summed E-state index contributed by atoms with van der Waals surface area (Å²) in [6, 6.07) is 4.96. The summed E-state index contributed by atoms with van der Waals surface area (Å²) in [5.41, 5.74) is -0.153. The van der Waals surface area contributed by atoms with Gasteiger partial charge >= 0.3 is 6.18 Å². The number of carbonyl (C=O) groups excluding carboxylic acids is 1. The molecule has 1 saturated heterocycles. The highest BCUT2D eigenvalue weighted by Gasteiger charge is 2.30. The van der Waals surface area contributed by atoms with Gasteiger partial charge in [0.1, 0.15) is 10.7 Å². The first-order chi connectivity index (χ1) is 12.4. The zero-order valence-electron chi connectivity index (χ0n) is 14.8. The molecule has 1 aromatic heterocycles. The fraction of sp³-hybridized carbons (Fsp3) is 0.412. The van der Waals surface area contributed by atoms with E-state index in [0.717, 1.165) is 56.2 Å². The van der Waals surface area contributed by atoms with Gasteiger partial charge in [-0.05, 0) is 12.1 Å². The van der Waals surface area contributed by atoms with Crippen LogP contribution in [0.4, 0.5) is 13.2 Å². The predicted octanol–water partition coefficient (Wildman–Crippen LogP) is 3.31. The van der Waals surface area contributed by atoms with Crippen LogP contribution in [-0.4, -0.2) is 55.1 Å². The van der Waals surface area contributed by atoms with Crippen molar-refractivity contribution in [2.24, 2.45) is 0 Å². The number of nitrogens with one attached hydrogen (secondary N) is 2. The first-order valence-corrected chi connectivity index (χ1v) is 9.16. The van der Waals surface area contributed by atoms with Gasteiger partial charge in [0.2, 0.25) is 0 Å². The number of alkyl halides is 3. The summed E-state index contributed by atoms with van der Waals surface area (Å²) in [6.07, 6.45) is -4.41. The lowest BCUT2D eigenvalue weighted by Crippen LogP contribution is -2.46. The molecule has 0 atom stereocenters. The van der Waals surface area contributed by atoms with E-state index in [9.17, 15) is 18.0 Å². The SMILES string of the molecule is Cl.Cl.O=C(NCCN1CCNCC1)c1csc(-c2cccc(C(F)(F)F)c2)n1. The van der Waals surface area contributed by atoms with Crippen LogP contribution in [-0.2, 0) is 6.18 Å². The number of hydrogen-bond acceptors (Lipinski definition) is 5. The average Bonchev–Trinajstić information content (AvgIpc) is 3.12. The van der Waals surface area contributed by atoms with Crippen molar-refractivity contribution in [3.05, 3.63) is 40.9 Å². The third kappa shape index (κ3) is 6.59. The van der Waals surface area contributed by atoms with E-state index in [-0.39, 0.29) is 36.4 Å². The van der Waals surface area contributed by atoms with E-state index >= 15 is 0 Å². The number of nitrogens with zero attached hydrogens (tertiary/aromatic N) is 2. The summed E-state index contributed by atoms with van der Waals surface area (Å²) in [6.45, 7) is 5.06. The molecular weight excluding hydrogens is 436 g/mol. The van der Waals surface area contributed by atoms with Crippen molar-refractivity contribution in [3.63, 3.8) is 0 Å². The van der Waals surface area contributed by atoms with E-state index in [1.54, 1.807) is 11.4 Å². The molecule has 1 aliphatic heterocycles. The number of piperazine rings is 1. The number of halogens is 5. The Morgan fingerprint density at radius 3 is 2.64 bits per heavy atom. The van der Waals surface area contributed by atoms with Crippen molar-refractivity contribution in [3.8, 4) is 10.6 Å². The maximum Gasteiger partial charge on any atom is 0.416 e. The first kappa shape index (κ1) is 24.6. The van der Waals surface area contributed by atoms with Crippen molar-refractivity contribution in [1.29, 1.82) is 0 Å². The van der Waals surface area contributed by atoms with Crippen LogP contribution in [0.3, 0.4) is 0 Å². The van der Waals surface area contributed by atoms with Gasteiger partial charge in [0, 0.05) is 50.2 Å². The van der Waals surface area contributed by atoms with E-state index in [2.05, 4.69) is 20.5 Å². The Morgan fingerprint density at radius 2 is 1.96 bits per heavy atom. The topological polar surface area (TPSA) is 57.3 Å². The number of hydrogen-bond donors (Lipinski definition) is 2. The van der Waals surface area contributed by atoms with Crippen LogP contribution >= 0.6 is 36.2 Å². The molecule has 2 aromatic rings. The molecule has 0 unspecified atom stereocenters. The van der Waals surface area contributed by atoms with E-state index in [4.69, 9.17) is 0 Å². The molecule has 0 aliphatic carbocycles. The standard InChI is InChI=1S/C17H19F3N4OS.2ClH/c18-17(19,20)13-3-1-2-12(10-13)16-23-14(11-26-16)15(25)22-6-9-24-7-4-21-5-8-24;;/h1-3,10-11,21H,4-9H2,(H,22,25);2*1H. The average molecular weight is 457 g/mol. The highest BCUT2D eigenvalue weighted by Crippen LogP contribution is 2.33.